The van der Waals surface area contributed by atoms with Crippen molar-refractivity contribution in [1.82, 2.24) is 10.3 Å². The number of aromatic nitrogens is 1. The van der Waals surface area contributed by atoms with Crippen molar-refractivity contribution in [2.75, 3.05) is 20.3 Å². The van der Waals surface area contributed by atoms with E-state index in [1.807, 2.05) is 0 Å². The molecule has 2 atom stereocenters. The van der Waals surface area contributed by atoms with Crippen LogP contribution in [0.1, 0.15) is 23.3 Å². The zero-order chi connectivity index (χ0) is 16.9. The molecule has 24 heavy (non-hydrogen) atoms. The Labute approximate surface area is 139 Å². The minimum absolute atomic E-state index is 0.110. The fraction of sp³-hybridized carbons (Fsp3) is 0.412. The Kier molecular flexibility index (Phi) is 5.12. The van der Waals surface area contributed by atoms with Crippen LogP contribution in [-0.2, 0) is 4.74 Å². The first-order valence-electron chi connectivity index (χ1n) is 7.85. The summed E-state index contributed by atoms with van der Waals surface area (Å²) in [5, 5.41) is 12.7. The summed E-state index contributed by atoms with van der Waals surface area (Å²) in [5.41, 5.74) is 0.901. The van der Waals surface area contributed by atoms with Crippen LogP contribution in [0, 0.1) is 0 Å². The average molecular weight is 332 g/mol. The molecule has 1 saturated heterocycles. The molecule has 1 aromatic carbocycles. The molecule has 1 amide bonds. The molecule has 128 valence electrons. The van der Waals surface area contributed by atoms with Gasteiger partial charge in [0.1, 0.15) is 5.75 Å². The Bertz CT molecular complexity index is 677. The lowest BCUT2D eigenvalue weighted by atomic mass is 10.1. The number of aliphatic hydroxyl groups excluding tert-OH is 1. The molecule has 1 aliphatic heterocycles. The summed E-state index contributed by atoms with van der Waals surface area (Å²) in [5.74, 6) is 0.692. The Morgan fingerprint density at radius 3 is 2.92 bits per heavy atom. The van der Waals surface area contributed by atoms with Gasteiger partial charge in [0.2, 0.25) is 0 Å². The number of ether oxygens (including phenoxy) is 2. The number of nitrogens with one attached hydrogen (secondary N) is 1. The first-order chi connectivity index (χ1) is 11.7. The lowest BCUT2D eigenvalue weighted by molar-refractivity contribution is -0.0000975. The number of hydrogen-bond donors (Lipinski definition) is 2. The fourth-order valence-electron chi connectivity index (χ4n) is 2.67. The van der Waals surface area contributed by atoms with Gasteiger partial charge >= 0.3 is 0 Å². The molecular formula is C17H20N2O5. The van der Waals surface area contributed by atoms with Gasteiger partial charge in [0.25, 0.3) is 5.91 Å². The Balaban J connectivity index is 1.66. The summed E-state index contributed by atoms with van der Waals surface area (Å²) in [4.78, 5) is 16.3. The molecule has 7 nitrogen and oxygen atoms in total. The first-order valence-corrected chi connectivity index (χ1v) is 7.85. The highest BCUT2D eigenvalue weighted by molar-refractivity contribution is 5.97. The van der Waals surface area contributed by atoms with Crippen molar-refractivity contribution in [3.8, 4) is 17.1 Å². The predicted octanol–water partition coefficient (Wildman–Crippen LogP) is 1.62. The molecule has 0 saturated carbocycles. The second-order valence-corrected chi connectivity index (χ2v) is 5.59. The molecule has 2 unspecified atom stereocenters. The van der Waals surface area contributed by atoms with Gasteiger partial charge < -0.3 is 24.3 Å². The Hall–Kier alpha value is -2.38. The fourth-order valence-corrected chi connectivity index (χ4v) is 2.67. The summed E-state index contributed by atoms with van der Waals surface area (Å²) >= 11 is 0. The third kappa shape index (κ3) is 3.58. The maximum atomic E-state index is 12.3. The van der Waals surface area contributed by atoms with Crippen LogP contribution in [0.5, 0.6) is 5.75 Å². The van der Waals surface area contributed by atoms with E-state index in [1.54, 1.807) is 31.4 Å². The molecule has 1 aromatic heterocycles. The van der Waals surface area contributed by atoms with Gasteiger partial charge in [-0.1, -0.05) is 0 Å². The third-order valence-electron chi connectivity index (χ3n) is 4.00. The van der Waals surface area contributed by atoms with E-state index >= 15 is 0 Å². The number of carbonyl (C=O) groups is 1. The van der Waals surface area contributed by atoms with E-state index in [2.05, 4.69) is 10.3 Å². The molecular weight excluding hydrogens is 312 g/mol. The Morgan fingerprint density at radius 1 is 1.46 bits per heavy atom. The average Bonchev–Trinajstić information content (AvgIpc) is 3.30. The quantitative estimate of drug-likeness (QED) is 0.835. The van der Waals surface area contributed by atoms with E-state index in [0.717, 1.165) is 18.4 Å². The van der Waals surface area contributed by atoms with Gasteiger partial charge in [-0.3, -0.25) is 4.79 Å². The van der Waals surface area contributed by atoms with E-state index in [1.165, 1.54) is 6.39 Å². The van der Waals surface area contributed by atoms with Gasteiger partial charge in [-0.25, -0.2) is 4.98 Å². The van der Waals surface area contributed by atoms with Crippen molar-refractivity contribution in [3.05, 3.63) is 36.4 Å². The number of aliphatic hydroxyl groups is 1. The molecule has 0 spiro atoms. The molecule has 7 heteroatoms. The summed E-state index contributed by atoms with van der Waals surface area (Å²) in [6.45, 7) is 0.763. The van der Waals surface area contributed by atoms with Crippen molar-refractivity contribution in [2.45, 2.75) is 25.0 Å². The number of nitrogens with zero attached hydrogens (tertiary/aromatic N) is 1. The summed E-state index contributed by atoms with van der Waals surface area (Å²) in [7, 11) is 1.59. The Morgan fingerprint density at radius 2 is 2.25 bits per heavy atom. The second-order valence-electron chi connectivity index (χ2n) is 5.59. The molecule has 0 bridgehead atoms. The minimum atomic E-state index is -0.729. The maximum absolute atomic E-state index is 12.3. The number of carbonyl (C=O) groups excluding carboxylic acids is 1. The normalized spacial score (nSPS) is 18.3. The third-order valence-corrected chi connectivity index (χ3v) is 4.00. The van der Waals surface area contributed by atoms with E-state index in [-0.39, 0.29) is 18.3 Å². The van der Waals surface area contributed by atoms with Crippen LogP contribution in [0.25, 0.3) is 11.3 Å². The van der Waals surface area contributed by atoms with Gasteiger partial charge in [0.05, 0.1) is 19.3 Å². The lowest BCUT2D eigenvalue weighted by Gasteiger charge is -2.17. The molecule has 2 N–H and O–H groups in total. The highest BCUT2D eigenvalue weighted by atomic mass is 16.5. The van der Waals surface area contributed by atoms with E-state index in [0.29, 0.717) is 18.1 Å². The van der Waals surface area contributed by atoms with E-state index in [9.17, 15) is 9.90 Å². The van der Waals surface area contributed by atoms with Crippen molar-refractivity contribution in [1.29, 1.82) is 0 Å². The largest absolute Gasteiger partial charge is 0.497 e. The molecule has 2 aromatic rings. The lowest BCUT2D eigenvalue weighted by Crippen LogP contribution is -2.38. The van der Waals surface area contributed by atoms with Crippen LogP contribution in [0.4, 0.5) is 0 Å². The smallest absolute Gasteiger partial charge is 0.274 e. The van der Waals surface area contributed by atoms with Gasteiger partial charge in [0, 0.05) is 18.7 Å². The van der Waals surface area contributed by atoms with Gasteiger partial charge in [-0.15, -0.1) is 0 Å². The number of benzene rings is 1. The first kappa shape index (κ1) is 16.5. The minimum Gasteiger partial charge on any atom is -0.497 e. The van der Waals surface area contributed by atoms with Gasteiger partial charge in [-0.2, -0.15) is 0 Å². The van der Waals surface area contributed by atoms with Crippen LogP contribution in [0.15, 0.2) is 35.1 Å². The van der Waals surface area contributed by atoms with Crippen molar-refractivity contribution >= 4 is 5.91 Å². The zero-order valence-electron chi connectivity index (χ0n) is 13.4. The SMILES string of the molecule is COc1ccc(-c2ocnc2C(=O)NCC(O)C2CCCO2)cc1. The zero-order valence-corrected chi connectivity index (χ0v) is 13.4. The summed E-state index contributed by atoms with van der Waals surface area (Å²) in [6, 6.07) is 7.14. The van der Waals surface area contributed by atoms with Crippen molar-refractivity contribution < 1.29 is 23.8 Å². The number of hydrogen-bond acceptors (Lipinski definition) is 6. The second kappa shape index (κ2) is 7.46. The summed E-state index contributed by atoms with van der Waals surface area (Å²) in [6.07, 6.45) is 2.01. The van der Waals surface area contributed by atoms with Crippen LogP contribution >= 0.6 is 0 Å². The van der Waals surface area contributed by atoms with Crippen LogP contribution in [-0.4, -0.2) is 48.5 Å². The van der Waals surface area contributed by atoms with Crippen molar-refractivity contribution in [2.24, 2.45) is 0 Å². The number of amides is 1. The molecule has 0 aliphatic carbocycles. The predicted molar refractivity (Wildman–Crippen MR) is 85.8 cm³/mol. The number of oxazole rings is 1. The van der Waals surface area contributed by atoms with Gasteiger partial charge in [0.15, 0.2) is 17.8 Å². The molecule has 1 fully saturated rings. The van der Waals surface area contributed by atoms with E-state index in [4.69, 9.17) is 13.9 Å². The van der Waals surface area contributed by atoms with Crippen LogP contribution in [0.2, 0.25) is 0 Å². The monoisotopic (exact) mass is 332 g/mol. The molecule has 1 aliphatic rings. The topological polar surface area (TPSA) is 93.8 Å². The van der Waals surface area contributed by atoms with Crippen LogP contribution in [0.3, 0.4) is 0 Å². The molecule has 3 rings (SSSR count). The summed E-state index contributed by atoms with van der Waals surface area (Å²) < 4.78 is 15.9. The van der Waals surface area contributed by atoms with Crippen LogP contribution < -0.4 is 10.1 Å². The molecule has 2 heterocycles. The molecule has 0 radical (unpaired) electrons. The number of rotatable bonds is 6. The van der Waals surface area contributed by atoms with E-state index < -0.39 is 12.0 Å². The number of methoxy groups -OCH3 is 1. The van der Waals surface area contributed by atoms with Crippen molar-refractivity contribution in [3.63, 3.8) is 0 Å². The standard InChI is InChI=1S/C17H20N2O5/c1-22-12-6-4-11(5-7-12)16-15(19-10-24-16)17(21)18-9-13(20)14-3-2-8-23-14/h4-7,10,13-14,20H,2-3,8-9H2,1H3,(H,18,21). The highest BCUT2D eigenvalue weighted by Crippen LogP contribution is 2.25. The highest BCUT2D eigenvalue weighted by Gasteiger charge is 2.25. The van der Waals surface area contributed by atoms with Gasteiger partial charge in [-0.05, 0) is 37.1 Å². The maximum Gasteiger partial charge on any atom is 0.274 e.